The molecule has 0 atom stereocenters. The maximum Gasteiger partial charge on any atom is 0.337 e. The van der Waals surface area contributed by atoms with E-state index in [2.05, 4.69) is 4.72 Å². The number of aryl methyl sites for hydroxylation is 1. The Hall–Kier alpha value is -1.56. The molecule has 0 bridgehead atoms. The minimum Gasteiger partial charge on any atom is -0.478 e. The van der Waals surface area contributed by atoms with E-state index >= 15 is 0 Å². The molecule has 1 aromatic carbocycles. The van der Waals surface area contributed by atoms with E-state index in [0.29, 0.717) is 5.56 Å². The fourth-order valence-electron chi connectivity index (χ4n) is 2.84. The number of anilines is 1. The summed E-state index contributed by atoms with van der Waals surface area (Å²) >= 11 is 0. The highest BCUT2D eigenvalue weighted by molar-refractivity contribution is 7.92. The second-order valence-electron chi connectivity index (χ2n) is 5.69. The number of carboxylic acid groups (broad SMARTS) is 1. The lowest BCUT2D eigenvalue weighted by Crippen LogP contribution is -2.25. The van der Waals surface area contributed by atoms with Crippen LogP contribution in [0.3, 0.4) is 0 Å². The number of hydrogen-bond acceptors (Lipinski definition) is 3. The maximum absolute atomic E-state index is 12.3. The zero-order valence-corrected chi connectivity index (χ0v) is 12.9. The Labute approximate surface area is 125 Å². The lowest BCUT2D eigenvalue weighted by Gasteiger charge is -2.22. The van der Waals surface area contributed by atoms with Crippen LogP contribution >= 0.6 is 0 Å². The van der Waals surface area contributed by atoms with Crippen molar-refractivity contribution in [2.45, 2.75) is 39.0 Å². The SMILES string of the molecule is Cc1cccc(C(=O)O)c1NS(=O)(=O)CC1CCCCC1. The van der Waals surface area contributed by atoms with Crippen molar-refractivity contribution in [1.29, 1.82) is 0 Å². The van der Waals surface area contributed by atoms with Crippen LogP contribution in [-0.2, 0) is 10.0 Å². The lowest BCUT2D eigenvalue weighted by molar-refractivity contribution is 0.0698. The van der Waals surface area contributed by atoms with E-state index in [-0.39, 0.29) is 22.9 Å². The summed E-state index contributed by atoms with van der Waals surface area (Å²) in [5, 5.41) is 9.17. The summed E-state index contributed by atoms with van der Waals surface area (Å²) in [5.74, 6) is -0.886. The Morgan fingerprint density at radius 1 is 1.29 bits per heavy atom. The van der Waals surface area contributed by atoms with Gasteiger partial charge >= 0.3 is 5.97 Å². The second kappa shape index (κ2) is 6.47. The number of nitrogens with one attached hydrogen (secondary N) is 1. The minimum absolute atomic E-state index is 0.0118. The lowest BCUT2D eigenvalue weighted by atomic mass is 9.91. The maximum atomic E-state index is 12.3. The van der Waals surface area contributed by atoms with Crippen LogP contribution in [0, 0.1) is 12.8 Å². The molecular weight excluding hydrogens is 290 g/mol. The Morgan fingerprint density at radius 2 is 1.95 bits per heavy atom. The molecular formula is C15H21NO4S. The summed E-state index contributed by atoms with van der Waals surface area (Å²) in [7, 11) is -3.53. The van der Waals surface area contributed by atoms with Gasteiger partial charge in [-0.05, 0) is 37.3 Å². The number of carbonyl (C=O) groups is 1. The highest BCUT2D eigenvalue weighted by atomic mass is 32.2. The number of hydrogen-bond donors (Lipinski definition) is 2. The molecule has 6 heteroatoms. The van der Waals surface area contributed by atoms with Crippen LogP contribution in [0.25, 0.3) is 0 Å². The third-order valence-electron chi connectivity index (χ3n) is 3.94. The van der Waals surface area contributed by atoms with Crippen molar-refractivity contribution in [2.24, 2.45) is 5.92 Å². The topological polar surface area (TPSA) is 83.5 Å². The summed E-state index contributed by atoms with van der Waals surface area (Å²) in [6, 6.07) is 4.72. The molecule has 1 fully saturated rings. The van der Waals surface area contributed by atoms with Crippen LogP contribution in [0.4, 0.5) is 5.69 Å². The highest BCUT2D eigenvalue weighted by Crippen LogP contribution is 2.27. The molecule has 2 N–H and O–H groups in total. The van der Waals surface area contributed by atoms with Gasteiger partial charge < -0.3 is 5.11 Å². The first-order valence-corrected chi connectivity index (χ1v) is 8.87. The molecule has 0 aromatic heterocycles. The average molecular weight is 311 g/mol. The van der Waals surface area contributed by atoms with Crippen LogP contribution in [-0.4, -0.2) is 25.2 Å². The Balaban J connectivity index is 2.18. The van der Waals surface area contributed by atoms with E-state index in [0.717, 1.165) is 25.7 Å². The molecule has 21 heavy (non-hydrogen) atoms. The predicted octanol–water partition coefficient (Wildman–Crippen LogP) is 3.02. The highest BCUT2D eigenvalue weighted by Gasteiger charge is 2.23. The van der Waals surface area contributed by atoms with Crippen LogP contribution in [0.1, 0.15) is 48.0 Å². The van der Waals surface area contributed by atoms with Gasteiger partial charge in [0.25, 0.3) is 0 Å². The van der Waals surface area contributed by atoms with Gasteiger partial charge in [0.2, 0.25) is 10.0 Å². The van der Waals surface area contributed by atoms with Crippen molar-refractivity contribution >= 4 is 21.7 Å². The van der Waals surface area contributed by atoms with E-state index in [1.807, 2.05) is 0 Å². The van der Waals surface area contributed by atoms with Gasteiger partial charge in [-0.1, -0.05) is 31.4 Å². The standard InChI is InChI=1S/C15H21NO4S/c1-11-6-5-9-13(15(17)18)14(11)16-21(19,20)10-12-7-3-2-4-8-12/h5-6,9,12,16H,2-4,7-8,10H2,1H3,(H,17,18). The molecule has 0 radical (unpaired) electrons. The smallest absolute Gasteiger partial charge is 0.337 e. The third kappa shape index (κ3) is 4.20. The number of carboxylic acids is 1. The normalized spacial score (nSPS) is 16.6. The quantitative estimate of drug-likeness (QED) is 0.875. The number of aromatic carboxylic acids is 1. The van der Waals surface area contributed by atoms with E-state index in [4.69, 9.17) is 0 Å². The van der Waals surface area contributed by atoms with Crippen LogP contribution in [0.15, 0.2) is 18.2 Å². The van der Waals surface area contributed by atoms with Crippen molar-refractivity contribution in [2.75, 3.05) is 10.5 Å². The first-order chi connectivity index (χ1) is 9.89. The molecule has 0 aliphatic heterocycles. The molecule has 0 heterocycles. The second-order valence-corrected chi connectivity index (χ2v) is 7.46. The fourth-order valence-corrected chi connectivity index (χ4v) is 4.46. The summed E-state index contributed by atoms with van der Waals surface area (Å²) < 4.78 is 27.1. The van der Waals surface area contributed by atoms with Gasteiger partial charge in [0.05, 0.1) is 17.0 Å². The van der Waals surface area contributed by atoms with Crippen molar-refractivity contribution < 1.29 is 18.3 Å². The average Bonchev–Trinajstić information content (AvgIpc) is 2.41. The molecule has 116 valence electrons. The summed E-state index contributed by atoms with van der Waals surface area (Å²) in [6.45, 7) is 1.70. The van der Waals surface area contributed by atoms with E-state index in [1.165, 1.54) is 12.5 Å². The fraction of sp³-hybridized carbons (Fsp3) is 0.533. The van der Waals surface area contributed by atoms with Gasteiger partial charge in [-0.25, -0.2) is 13.2 Å². The summed E-state index contributed by atoms with van der Waals surface area (Å²) in [4.78, 5) is 11.2. The Kier molecular flexibility index (Phi) is 4.88. The van der Waals surface area contributed by atoms with Gasteiger partial charge in [-0.15, -0.1) is 0 Å². The molecule has 2 rings (SSSR count). The molecule has 0 saturated heterocycles. The molecule has 1 aliphatic carbocycles. The molecule has 0 unspecified atom stereocenters. The largest absolute Gasteiger partial charge is 0.478 e. The van der Waals surface area contributed by atoms with Gasteiger partial charge in [0.1, 0.15) is 0 Å². The number of para-hydroxylation sites is 1. The van der Waals surface area contributed by atoms with Crippen LogP contribution in [0.5, 0.6) is 0 Å². The van der Waals surface area contributed by atoms with E-state index in [9.17, 15) is 18.3 Å². The number of sulfonamides is 1. The molecule has 0 spiro atoms. The summed E-state index contributed by atoms with van der Waals surface area (Å²) in [5.41, 5.74) is 0.783. The van der Waals surface area contributed by atoms with Crippen molar-refractivity contribution in [3.05, 3.63) is 29.3 Å². The zero-order chi connectivity index (χ0) is 15.5. The molecule has 0 amide bonds. The van der Waals surface area contributed by atoms with Gasteiger partial charge in [0, 0.05) is 0 Å². The van der Waals surface area contributed by atoms with Crippen LogP contribution in [0.2, 0.25) is 0 Å². The first-order valence-electron chi connectivity index (χ1n) is 7.22. The van der Waals surface area contributed by atoms with Gasteiger partial charge in [0.15, 0.2) is 0 Å². The molecule has 1 aliphatic rings. The van der Waals surface area contributed by atoms with Crippen molar-refractivity contribution in [3.8, 4) is 0 Å². The predicted molar refractivity (Wildman–Crippen MR) is 82.1 cm³/mol. The third-order valence-corrected chi connectivity index (χ3v) is 5.37. The molecule has 5 nitrogen and oxygen atoms in total. The van der Waals surface area contributed by atoms with Crippen molar-refractivity contribution in [1.82, 2.24) is 0 Å². The number of benzene rings is 1. The van der Waals surface area contributed by atoms with Crippen LogP contribution < -0.4 is 4.72 Å². The first kappa shape index (κ1) is 15.8. The molecule has 1 saturated carbocycles. The Bertz CT molecular complexity index is 619. The van der Waals surface area contributed by atoms with Gasteiger partial charge in [-0.2, -0.15) is 0 Å². The van der Waals surface area contributed by atoms with Gasteiger partial charge in [-0.3, -0.25) is 4.72 Å². The number of rotatable bonds is 5. The van der Waals surface area contributed by atoms with E-state index in [1.54, 1.807) is 19.1 Å². The Morgan fingerprint density at radius 3 is 2.57 bits per heavy atom. The minimum atomic E-state index is -3.53. The molecule has 1 aromatic rings. The van der Waals surface area contributed by atoms with E-state index < -0.39 is 16.0 Å². The van der Waals surface area contributed by atoms with Crippen molar-refractivity contribution in [3.63, 3.8) is 0 Å². The zero-order valence-electron chi connectivity index (χ0n) is 12.1. The summed E-state index contributed by atoms with van der Waals surface area (Å²) in [6.07, 6.45) is 5.18. The monoisotopic (exact) mass is 311 g/mol.